The van der Waals surface area contributed by atoms with Crippen molar-refractivity contribution >= 4 is 17.7 Å². The third-order valence-electron chi connectivity index (χ3n) is 2.16. The van der Waals surface area contributed by atoms with Crippen LogP contribution in [-0.4, -0.2) is 51.6 Å². The summed E-state index contributed by atoms with van der Waals surface area (Å²) < 4.78 is 6.32. The summed E-state index contributed by atoms with van der Waals surface area (Å²) in [5.74, 6) is 0.518. The van der Waals surface area contributed by atoms with E-state index in [1.54, 1.807) is 11.7 Å². The summed E-state index contributed by atoms with van der Waals surface area (Å²) in [6, 6.07) is -0.265. The normalized spacial score (nSPS) is 12.4. The predicted octanol–water partition coefficient (Wildman–Crippen LogP) is -0.157. The number of thioether (sulfide) groups is 1. The molecule has 0 radical (unpaired) electrons. The van der Waals surface area contributed by atoms with Gasteiger partial charge in [0.25, 0.3) is 0 Å². The average molecular weight is 259 g/mol. The van der Waals surface area contributed by atoms with E-state index >= 15 is 0 Å². The molecule has 0 fully saturated rings. The lowest BCUT2D eigenvalue weighted by Crippen LogP contribution is -2.37. The molecule has 8 heteroatoms. The summed E-state index contributed by atoms with van der Waals surface area (Å²) in [7, 11) is 3.18. The number of methoxy groups -OCH3 is 1. The quantitative estimate of drug-likeness (QED) is 0.538. The monoisotopic (exact) mass is 259 g/mol. The Hall–Kier alpha value is -1.15. The highest BCUT2D eigenvalue weighted by Crippen LogP contribution is 2.14. The lowest BCUT2D eigenvalue weighted by molar-refractivity contribution is -0.143. The minimum atomic E-state index is -0.265. The fourth-order valence-corrected chi connectivity index (χ4v) is 2.16. The molecule has 7 nitrogen and oxygen atoms in total. The van der Waals surface area contributed by atoms with Crippen LogP contribution in [0.4, 0.5) is 0 Å². The van der Waals surface area contributed by atoms with Gasteiger partial charge in [-0.3, -0.25) is 4.79 Å². The van der Waals surface area contributed by atoms with Gasteiger partial charge < -0.3 is 10.1 Å². The average Bonchev–Trinajstić information content (AvgIpc) is 2.73. The lowest BCUT2D eigenvalue weighted by Gasteiger charge is -2.14. The molecule has 1 heterocycles. The maximum absolute atomic E-state index is 11.4. The van der Waals surface area contributed by atoms with Gasteiger partial charge in [0, 0.05) is 12.8 Å². The number of aromatic nitrogens is 4. The van der Waals surface area contributed by atoms with E-state index in [2.05, 4.69) is 20.8 Å². The number of nitrogens with zero attached hydrogens (tertiary/aromatic N) is 4. The third kappa shape index (κ3) is 4.31. The second kappa shape index (κ2) is 7.23. The van der Waals surface area contributed by atoms with Gasteiger partial charge in [-0.05, 0) is 23.4 Å². The minimum Gasteiger partial charge on any atom is -0.468 e. The molecule has 0 saturated heterocycles. The number of likely N-dealkylation sites (N-methyl/N-ethyl adjacent to an activating group) is 1. The topological polar surface area (TPSA) is 81.9 Å². The molecule has 0 aliphatic heterocycles. The standard InChI is InChI=1S/C9H17N5O2S/c1-4-10-7(8(15)16-3)5-6-17-9-11-12-13-14(9)2/h7,10H,4-6H2,1-3H3. The number of nitrogens with one attached hydrogen (secondary N) is 1. The Morgan fingerprint density at radius 1 is 1.65 bits per heavy atom. The van der Waals surface area contributed by atoms with E-state index in [0.717, 1.165) is 17.5 Å². The lowest BCUT2D eigenvalue weighted by atomic mass is 10.2. The first-order chi connectivity index (χ1) is 8.19. The van der Waals surface area contributed by atoms with Crippen LogP contribution in [-0.2, 0) is 16.6 Å². The second-order valence-corrected chi connectivity index (χ2v) is 4.42. The molecule has 0 aliphatic rings. The summed E-state index contributed by atoms with van der Waals surface area (Å²) >= 11 is 1.51. The molecule has 0 amide bonds. The van der Waals surface area contributed by atoms with E-state index in [0.29, 0.717) is 6.42 Å². The summed E-state index contributed by atoms with van der Waals surface area (Å²) in [5.41, 5.74) is 0. The smallest absolute Gasteiger partial charge is 0.322 e. The number of carbonyl (C=O) groups is 1. The van der Waals surface area contributed by atoms with Crippen molar-refractivity contribution in [1.29, 1.82) is 0 Å². The maximum atomic E-state index is 11.4. The molecule has 0 spiro atoms. The first-order valence-electron chi connectivity index (χ1n) is 5.35. The number of hydrogen-bond donors (Lipinski definition) is 1. The van der Waals surface area contributed by atoms with Crippen molar-refractivity contribution in [3.63, 3.8) is 0 Å². The molecule has 1 unspecified atom stereocenters. The fourth-order valence-electron chi connectivity index (χ4n) is 1.30. The molecule has 96 valence electrons. The zero-order valence-corrected chi connectivity index (χ0v) is 11.0. The Kier molecular flexibility index (Phi) is 5.92. The Balaban J connectivity index is 2.37. The predicted molar refractivity (Wildman–Crippen MR) is 63.6 cm³/mol. The molecule has 1 N–H and O–H groups in total. The largest absolute Gasteiger partial charge is 0.468 e. The Morgan fingerprint density at radius 3 is 2.94 bits per heavy atom. The Morgan fingerprint density at radius 2 is 2.41 bits per heavy atom. The van der Waals surface area contributed by atoms with E-state index < -0.39 is 0 Å². The molecule has 1 aromatic heterocycles. The Labute approximate surface area is 104 Å². The van der Waals surface area contributed by atoms with E-state index in [4.69, 9.17) is 4.74 Å². The van der Waals surface area contributed by atoms with Crippen molar-refractivity contribution in [2.75, 3.05) is 19.4 Å². The van der Waals surface area contributed by atoms with Crippen LogP contribution in [0.25, 0.3) is 0 Å². The number of rotatable bonds is 7. The fraction of sp³-hybridized carbons (Fsp3) is 0.778. The van der Waals surface area contributed by atoms with Gasteiger partial charge in [0.1, 0.15) is 6.04 Å². The zero-order valence-electron chi connectivity index (χ0n) is 10.2. The molecular formula is C9H17N5O2S. The van der Waals surface area contributed by atoms with Gasteiger partial charge in [-0.1, -0.05) is 18.7 Å². The van der Waals surface area contributed by atoms with Crippen molar-refractivity contribution in [3.05, 3.63) is 0 Å². The van der Waals surface area contributed by atoms with Crippen LogP contribution in [0, 0.1) is 0 Å². The van der Waals surface area contributed by atoms with Gasteiger partial charge in [-0.15, -0.1) is 5.10 Å². The van der Waals surface area contributed by atoms with Gasteiger partial charge in [0.2, 0.25) is 5.16 Å². The number of hydrogen-bond acceptors (Lipinski definition) is 7. The molecule has 17 heavy (non-hydrogen) atoms. The van der Waals surface area contributed by atoms with Crippen LogP contribution in [0.1, 0.15) is 13.3 Å². The van der Waals surface area contributed by atoms with Gasteiger partial charge >= 0.3 is 5.97 Å². The van der Waals surface area contributed by atoms with Crippen molar-refractivity contribution in [2.45, 2.75) is 24.5 Å². The van der Waals surface area contributed by atoms with Crippen LogP contribution < -0.4 is 5.32 Å². The number of ether oxygens (including phenoxy) is 1. The second-order valence-electron chi connectivity index (χ2n) is 3.36. The Bertz CT molecular complexity index is 357. The number of tetrazole rings is 1. The number of carbonyl (C=O) groups excluding carboxylic acids is 1. The SMILES string of the molecule is CCNC(CCSc1nnnn1C)C(=O)OC. The molecule has 0 saturated carbocycles. The van der Waals surface area contributed by atoms with Crippen molar-refractivity contribution in [1.82, 2.24) is 25.5 Å². The van der Waals surface area contributed by atoms with Crippen LogP contribution in [0.2, 0.25) is 0 Å². The van der Waals surface area contributed by atoms with Crippen molar-refractivity contribution in [2.24, 2.45) is 7.05 Å². The van der Waals surface area contributed by atoms with Gasteiger partial charge in [0.05, 0.1) is 7.11 Å². The highest BCUT2D eigenvalue weighted by molar-refractivity contribution is 7.99. The maximum Gasteiger partial charge on any atom is 0.322 e. The van der Waals surface area contributed by atoms with E-state index in [-0.39, 0.29) is 12.0 Å². The summed E-state index contributed by atoms with van der Waals surface area (Å²) in [6.45, 7) is 2.69. The summed E-state index contributed by atoms with van der Waals surface area (Å²) in [4.78, 5) is 11.4. The van der Waals surface area contributed by atoms with Gasteiger partial charge in [-0.25, -0.2) is 4.68 Å². The molecule has 0 aliphatic carbocycles. The highest BCUT2D eigenvalue weighted by Gasteiger charge is 2.17. The highest BCUT2D eigenvalue weighted by atomic mass is 32.2. The minimum absolute atomic E-state index is 0.233. The van der Waals surface area contributed by atoms with Crippen LogP contribution in [0.15, 0.2) is 5.16 Å². The number of aryl methyl sites for hydroxylation is 1. The van der Waals surface area contributed by atoms with Gasteiger partial charge in [-0.2, -0.15) is 0 Å². The first kappa shape index (κ1) is 13.9. The molecular weight excluding hydrogens is 242 g/mol. The van der Waals surface area contributed by atoms with Gasteiger partial charge in [0.15, 0.2) is 0 Å². The summed E-state index contributed by atoms with van der Waals surface area (Å²) in [5, 5.41) is 14.9. The zero-order chi connectivity index (χ0) is 12.7. The van der Waals surface area contributed by atoms with E-state index in [1.165, 1.54) is 18.9 Å². The molecule has 0 aromatic carbocycles. The molecule has 1 aromatic rings. The first-order valence-corrected chi connectivity index (χ1v) is 6.34. The van der Waals surface area contributed by atoms with Crippen LogP contribution in [0.3, 0.4) is 0 Å². The van der Waals surface area contributed by atoms with E-state index in [1.807, 2.05) is 6.92 Å². The molecule has 1 rings (SSSR count). The van der Waals surface area contributed by atoms with E-state index in [9.17, 15) is 4.79 Å². The third-order valence-corrected chi connectivity index (χ3v) is 3.20. The number of esters is 1. The summed E-state index contributed by atoms with van der Waals surface area (Å²) in [6.07, 6.45) is 0.679. The van der Waals surface area contributed by atoms with Crippen LogP contribution in [0.5, 0.6) is 0 Å². The van der Waals surface area contributed by atoms with Crippen LogP contribution >= 0.6 is 11.8 Å². The van der Waals surface area contributed by atoms with Crippen molar-refractivity contribution < 1.29 is 9.53 Å². The van der Waals surface area contributed by atoms with Crippen molar-refractivity contribution in [3.8, 4) is 0 Å². The molecule has 1 atom stereocenters. The molecule has 0 bridgehead atoms.